The SMILES string of the molecule is COC(=O)Nc1ccc(CNC(=O)c2cc(-c3cccnc3)on2)cc1. The van der Waals surface area contributed by atoms with Crippen LogP contribution in [0.5, 0.6) is 0 Å². The number of amides is 2. The fourth-order valence-electron chi connectivity index (χ4n) is 2.17. The summed E-state index contributed by atoms with van der Waals surface area (Å²) in [5.74, 6) is 0.127. The molecule has 26 heavy (non-hydrogen) atoms. The zero-order valence-corrected chi connectivity index (χ0v) is 13.9. The molecule has 0 radical (unpaired) electrons. The molecule has 2 heterocycles. The molecule has 0 saturated heterocycles. The summed E-state index contributed by atoms with van der Waals surface area (Å²) >= 11 is 0. The first-order valence-corrected chi connectivity index (χ1v) is 7.75. The quantitative estimate of drug-likeness (QED) is 0.731. The summed E-state index contributed by atoms with van der Waals surface area (Å²) in [5.41, 5.74) is 2.40. The second kappa shape index (κ2) is 7.93. The van der Waals surface area contributed by atoms with Crippen molar-refractivity contribution in [3.05, 3.63) is 66.1 Å². The van der Waals surface area contributed by atoms with Crippen LogP contribution in [0.25, 0.3) is 11.3 Å². The van der Waals surface area contributed by atoms with Gasteiger partial charge in [0.05, 0.1) is 7.11 Å². The van der Waals surface area contributed by atoms with E-state index in [0.29, 0.717) is 18.0 Å². The number of carbonyl (C=O) groups is 2. The van der Waals surface area contributed by atoms with Gasteiger partial charge in [0, 0.05) is 36.3 Å². The third kappa shape index (κ3) is 4.23. The summed E-state index contributed by atoms with van der Waals surface area (Å²) in [7, 11) is 1.29. The van der Waals surface area contributed by atoms with E-state index in [1.54, 1.807) is 48.8 Å². The number of nitrogens with zero attached hydrogens (tertiary/aromatic N) is 2. The molecule has 0 aliphatic rings. The third-order valence-electron chi connectivity index (χ3n) is 3.53. The van der Waals surface area contributed by atoms with Crippen LogP contribution in [0.2, 0.25) is 0 Å². The van der Waals surface area contributed by atoms with Crippen LogP contribution in [0.15, 0.2) is 59.4 Å². The molecule has 0 fully saturated rings. The molecule has 1 aromatic carbocycles. The minimum absolute atomic E-state index is 0.188. The topological polar surface area (TPSA) is 106 Å². The maximum absolute atomic E-state index is 12.2. The van der Waals surface area contributed by atoms with E-state index < -0.39 is 6.09 Å². The molecule has 2 aromatic heterocycles. The van der Waals surface area contributed by atoms with Gasteiger partial charge in [0.2, 0.25) is 0 Å². The lowest BCUT2D eigenvalue weighted by molar-refractivity contribution is 0.0942. The molecule has 132 valence electrons. The predicted octanol–water partition coefficient (Wildman–Crippen LogP) is 2.84. The molecule has 0 spiro atoms. The Hall–Kier alpha value is -3.68. The summed E-state index contributed by atoms with van der Waals surface area (Å²) in [4.78, 5) is 27.3. The highest BCUT2D eigenvalue weighted by Crippen LogP contribution is 2.18. The maximum Gasteiger partial charge on any atom is 0.411 e. The van der Waals surface area contributed by atoms with E-state index in [1.165, 1.54) is 7.11 Å². The Kier molecular flexibility index (Phi) is 5.23. The molecule has 8 nitrogen and oxygen atoms in total. The summed E-state index contributed by atoms with van der Waals surface area (Å²) in [6, 6.07) is 12.2. The fraction of sp³-hybridized carbons (Fsp3) is 0.111. The Morgan fingerprint density at radius 1 is 1.19 bits per heavy atom. The molecule has 0 saturated carbocycles. The minimum Gasteiger partial charge on any atom is -0.453 e. The molecule has 8 heteroatoms. The average Bonchev–Trinajstić information content (AvgIpc) is 3.18. The second-order valence-electron chi connectivity index (χ2n) is 5.31. The molecule has 0 unspecified atom stereocenters. The van der Waals surface area contributed by atoms with Gasteiger partial charge in [-0.2, -0.15) is 0 Å². The number of rotatable bonds is 5. The van der Waals surface area contributed by atoms with Gasteiger partial charge < -0.3 is 14.6 Å². The molecule has 0 aliphatic heterocycles. The smallest absolute Gasteiger partial charge is 0.411 e. The molecule has 0 atom stereocenters. The Balaban J connectivity index is 1.57. The van der Waals surface area contributed by atoms with E-state index in [-0.39, 0.29) is 11.6 Å². The van der Waals surface area contributed by atoms with E-state index in [2.05, 4.69) is 25.5 Å². The lowest BCUT2D eigenvalue weighted by atomic mass is 10.2. The van der Waals surface area contributed by atoms with Gasteiger partial charge in [-0.1, -0.05) is 17.3 Å². The number of benzene rings is 1. The van der Waals surface area contributed by atoms with Crippen LogP contribution >= 0.6 is 0 Å². The molecule has 0 bridgehead atoms. The van der Waals surface area contributed by atoms with Gasteiger partial charge in [-0.3, -0.25) is 15.1 Å². The van der Waals surface area contributed by atoms with E-state index in [0.717, 1.165) is 11.1 Å². The Bertz CT molecular complexity index is 891. The van der Waals surface area contributed by atoms with Gasteiger partial charge in [-0.05, 0) is 29.8 Å². The summed E-state index contributed by atoms with van der Waals surface area (Å²) in [6.07, 6.45) is 2.74. The van der Waals surface area contributed by atoms with Gasteiger partial charge in [-0.25, -0.2) is 4.79 Å². The molecule has 0 aliphatic carbocycles. The summed E-state index contributed by atoms with van der Waals surface area (Å²) in [5, 5.41) is 9.10. The van der Waals surface area contributed by atoms with Gasteiger partial charge >= 0.3 is 6.09 Å². The Labute approximate surface area is 149 Å². The van der Waals surface area contributed by atoms with Crippen molar-refractivity contribution >= 4 is 17.7 Å². The second-order valence-corrected chi connectivity index (χ2v) is 5.31. The highest BCUT2D eigenvalue weighted by atomic mass is 16.5. The standard InChI is InChI=1S/C18H16N4O4/c1-25-18(24)21-14-6-4-12(5-7-14)10-20-17(23)15-9-16(26-22-15)13-3-2-8-19-11-13/h2-9,11H,10H2,1H3,(H,20,23)(H,21,24). The van der Waals surface area contributed by atoms with Crippen molar-refractivity contribution in [2.45, 2.75) is 6.54 Å². The van der Waals surface area contributed by atoms with Crippen molar-refractivity contribution in [1.29, 1.82) is 0 Å². The maximum atomic E-state index is 12.2. The Morgan fingerprint density at radius 3 is 2.69 bits per heavy atom. The Morgan fingerprint density at radius 2 is 2.00 bits per heavy atom. The first kappa shape index (κ1) is 17.2. The van der Waals surface area contributed by atoms with Crippen LogP contribution in [0, 0.1) is 0 Å². The zero-order valence-electron chi connectivity index (χ0n) is 13.9. The average molecular weight is 352 g/mol. The lowest BCUT2D eigenvalue weighted by Crippen LogP contribution is -2.23. The number of pyridine rings is 1. The summed E-state index contributed by atoms with van der Waals surface area (Å²) in [6.45, 7) is 0.312. The van der Waals surface area contributed by atoms with Gasteiger partial charge in [0.15, 0.2) is 11.5 Å². The zero-order chi connectivity index (χ0) is 18.4. The molecule has 2 amide bonds. The highest BCUT2D eigenvalue weighted by Gasteiger charge is 2.13. The number of carbonyl (C=O) groups excluding carboxylic acids is 2. The summed E-state index contributed by atoms with van der Waals surface area (Å²) < 4.78 is 9.70. The van der Waals surface area contributed by atoms with Crippen LogP contribution < -0.4 is 10.6 Å². The largest absolute Gasteiger partial charge is 0.453 e. The van der Waals surface area contributed by atoms with Crippen molar-refractivity contribution in [2.24, 2.45) is 0 Å². The van der Waals surface area contributed by atoms with Crippen molar-refractivity contribution in [3.63, 3.8) is 0 Å². The first-order chi connectivity index (χ1) is 12.7. The molecular weight excluding hydrogens is 336 g/mol. The predicted molar refractivity (Wildman–Crippen MR) is 93.4 cm³/mol. The van der Waals surface area contributed by atoms with E-state index in [1.807, 2.05) is 6.07 Å². The van der Waals surface area contributed by atoms with Gasteiger partial charge in [0.25, 0.3) is 5.91 Å². The van der Waals surface area contributed by atoms with Crippen LogP contribution in [0.1, 0.15) is 16.1 Å². The van der Waals surface area contributed by atoms with Crippen LogP contribution in [0.4, 0.5) is 10.5 Å². The molecule has 2 N–H and O–H groups in total. The minimum atomic E-state index is -0.540. The number of hydrogen-bond donors (Lipinski definition) is 2. The molecule has 3 aromatic rings. The van der Waals surface area contributed by atoms with E-state index in [9.17, 15) is 9.59 Å². The molecular formula is C18H16N4O4. The van der Waals surface area contributed by atoms with E-state index >= 15 is 0 Å². The first-order valence-electron chi connectivity index (χ1n) is 7.75. The number of anilines is 1. The number of hydrogen-bond acceptors (Lipinski definition) is 6. The number of ether oxygens (including phenoxy) is 1. The monoisotopic (exact) mass is 352 g/mol. The van der Waals surface area contributed by atoms with Crippen LogP contribution in [0.3, 0.4) is 0 Å². The van der Waals surface area contributed by atoms with Crippen LogP contribution in [-0.4, -0.2) is 29.3 Å². The van der Waals surface area contributed by atoms with Crippen molar-refractivity contribution in [2.75, 3.05) is 12.4 Å². The normalized spacial score (nSPS) is 10.2. The van der Waals surface area contributed by atoms with E-state index in [4.69, 9.17) is 4.52 Å². The number of methoxy groups -OCH3 is 1. The van der Waals surface area contributed by atoms with Gasteiger partial charge in [0.1, 0.15) is 0 Å². The van der Waals surface area contributed by atoms with Gasteiger partial charge in [-0.15, -0.1) is 0 Å². The van der Waals surface area contributed by atoms with Crippen molar-refractivity contribution in [1.82, 2.24) is 15.5 Å². The van der Waals surface area contributed by atoms with Crippen LogP contribution in [-0.2, 0) is 11.3 Å². The number of aromatic nitrogens is 2. The highest BCUT2D eigenvalue weighted by molar-refractivity contribution is 5.93. The molecule has 3 rings (SSSR count). The lowest BCUT2D eigenvalue weighted by Gasteiger charge is -2.06. The third-order valence-corrected chi connectivity index (χ3v) is 3.53. The van der Waals surface area contributed by atoms with Crippen molar-refractivity contribution < 1.29 is 18.8 Å². The fourth-order valence-corrected chi connectivity index (χ4v) is 2.17. The number of nitrogens with one attached hydrogen (secondary N) is 2. The van der Waals surface area contributed by atoms with Crippen molar-refractivity contribution in [3.8, 4) is 11.3 Å².